The van der Waals surface area contributed by atoms with Gasteiger partial charge in [-0.1, -0.05) is 6.08 Å². The minimum Gasteiger partial charge on any atom is -0.463 e. The smallest absolute Gasteiger partial charge is 0.388 e. The van der Waals surface area contributed by atoms with Crippen LogP contribution in [0.3, 0.4) is 0 Å². The van der Waals surface area contributed by atoms with E-state index in [-0.39, 0.29) is 26.0 Å². The van der Waals surface area contributed by atoms with Gasteiger partial charge in [-0.2, -0.15) is 0 Å². The summed E-state index contributed by atoms with van der Waals surface area (Å²) >= 11 is 0. The molecule has 0 N–H and O–H groups in total. The highest BCUT2D eigenvalue weighted by atomic mass is 31.2. The van der Waals surface area contributed by atoms with Crippen LogP contribution in [-0.4, -0.2) is 32.0 Å². The molecule has 0 aromatic rings. The Labute approximate surface area is 113 Å². The second-order valence-corrected chi connectivity index (χ2v) is 5.25. The molecule has 0 fully saturated rings. The van der Waals surface area contributed by atoms with Crippen molar-refractivity contribution in [2.45, 2.75) is 27.7 Å². The quantitative estimate of drug-likeness (QED) is 0.201. The lowest BCUT2D eigenvalue weighted by atomic mass is 10.3. The molecule has 0 amide bonds. The van der Waals surface area contributed by atoms with Crippen molar-refractivity contribution >= 4 is 13.6 Å². The first-order chi connectivity index (χ1) is 8.99. The summed E-state index contributed by atoms with van der Waals surface area (Å²) < 4.78 is 26.3. The number of ether oxygens (including phenoxy) is 1. The Morgan fingerprint density at radius 3 is 2.00 bits per heavy atom. The van der Waals surface area contributed by atoms with Crippen molar-refractivity contribution < 1.29 is 33.2 Å². The van der Waals surface area contributed by atoms with Gasteiger partial charge >= 0.3 is 13.6 Å². The van der Waals surface area contributed by atoms with Crippen LogP contribution in [0.15, 0.2) is 11.6 Å². The molecular formula is C11H21O7P. The van der Waals surface area contributed by atoms with Crippen molar-refractivity contribution in [3.8, 4) is 0 Å². The first-order valence-electron chi connectivity index (χ1n) is 6.04. The molecule has 0 aromatic carbocycles. The fourth-order valence-electron chi connectivity index (χ4n) is 0.916. The van der Waals surface area contributed by atoms with Crippen molar-refractivity contribution in [3.63, 3.8) is 0 Å². The van der Waals surface area contributed by atoms with Crippen LogP contribution in [0.2, 0.25) is 0 Å². The molecule has 0 rings (SSSR count). The standard InChI is InChI=1S/C11H21O7P/c1-5-14-11(12)10(4)8-9-19(13,17-15-6-2)18-16-7-3/h8H,5-7,9H2,1-4H3. The van der Waals surface area contributed by atoms with Gasteiger partial charge < -0.3 is 4.74 Å². The Bertz CT molecular complexity index is 328. The van der Waals surface area contributed by atoms with Gasteiger partial charge in [-0.05, 0) is 27.7 Å². The van der Waals surface area contributed by atoms with Crippen LogP contribution in [0.25, 0.3) is 0 Å². The maximum Gasteiger partial charge on any atom is 0.388 e. The SMILES string of the molecule is CCOOP(=O)(CC=C(C)C(=O)OCC)OOCC. The number of allylic oxidation sites excluding steroid dienone is 1. The van der Waals surface area contributed by atoms with E-state index in [0.29, 0.717) is 5.57 Å². The van der Waals surface area contributed by atoms with Crippen LogP contribution in [-0.2, 0) is 33.2 Å². The number of carbonyl (C=O) groups is 1. The van der Waals surface area contributed by atoms with Gasteiger partial charge in [0.05, 0.1) is 26.0 Å². The van der Waals surface area contributed by atoms with Crippen LogP contribution in [0.5, 0.6) is 0 Å². The van der Waals surface area contributed by atoms with E-state index < -0.39 is 13.6 Å². The second-order valence-electron chi connectivity index (χ2n) is 3.36. The predicted molar refractivity (Wildman–Crippen MR) is 68.3 cm³/mol. The fraction of sp³-hybridized carbons (Fsp3) is 0.727. The predicted octanol–water partition coefficient (Wildman–Crippen LogP) is 2.63. The highest BCUT2D eigenvalue weighted by Crippen LogP contribution is 2.48. The van der Waals surface area contributed by atoms with Gasteiger partial charge in [0.15, 0.2) is 0 Å². The molecule has 8 heteroatoms. The number of hydrogen-bond donors (Lipinski definition) is 0. The van der Waals surface area contributed by atoms with E-state index in [1.54, 1.807) is 27.7 Å². The third-order valence-electron chi connectivity index (χ3n) is 1.79. The van der Waals surface area contributed by atoms with Crippen molar-refractivity contribution in [3.05, 3.63) is 11.6 Å². The molecule has 0 heterocycles. The molecule has 0 bridgehead atoms. The molecule has 0 spiro atoms. The minimum atomic E-state index is -3.59. The molecule has 0 aliphatic heterocycles. The van der Waals surface area contributed by atoms with E-state index in [1.807, 2.05) is 0 Å². The average molecular weight is 296 g/mol. The van der Waals surface area contributed by atoms with E-state index in [9.17, 15) is 9.36 Å². The molecule has 112 valence electrons. The number of rotatable bonds is 10. The molecule has 0 aliphatic rings. The highest BCUT2D eigenvalue weighted by Gasteiger charge is 2.27. The summed E-state index contributed by atoms with van der Waals surface area (Å²) in [4.78, 5) is 20.6. The van der Waals surface area contributed by atoms with E-state index in [4.69, 9.17) is 4.74 Å². The van der Waals surface area contributed by atoms with Gasteiger partial charge in [-0.3, -0.25) is 4.57 Å². The summed E-state index contributed by atoms with van der Waals surface area (Å²) in [5.74, 6) is -0.484. The van der Waals surface area contributed by atoms with E-state index >= 15 is 0 Å². The Morgan fingerprint density at radius 1 is 1.05 bits per heavy atom. The van der Waals surface area contributed by atoms with E-state index in [2.05, 4.69) is 19.1 Å². The van der Waals surface area contributed by atoms with Gasteiger partial charge in [0.2, 0.25) is 0 Å². The van der Waals surface area contributed by atoms with Gasteiger partial charge in [0.1, 0.15) is 0 Å². The van der Waals surface area contributed by atoms with Gasteiger partial charge in [0, 0.05) is 5.57 Å². The van der Waals surface area contributed by atoms with Gasteiger partial charge in [0.25, 0.3) is 0 Å². The molecule has 0 atom stereocenters. The zero-order valence-electron chi connectivity index (χ0n) is 11.7. The molecule has 0 aliphatic carbocycles. The summed E-state index contributed by atoms with van der Waals surface area (Å²) in [7, 11) is -3.59. The monoisotopic (exact) mass is 296 g/mol. The van der Waals surface area contributed by atoms with Crippen LogP contribution >= 0.6 is 7.60 Å². The molecule has 0 saturated carbocycles. The zero-order valence-corrected chi connectivity index (χ0v) is 12.6. The van der Waals surface area contributed by atoms with Gasteiger partial charge in [-0.15, -0.1) is 9.35 Å². The number of hydrogen-bond acceptors (Lipinski definition) is 7. The lowest BCUT2D eigenvalue weighted by Crippen LogP contribution is -2.07. The fourth-order valence-corrected chi connectivity index (χ4v) is 2.09. The largest absolute Gasteiger partial charge is 0.463 e. The lowest BCUT2D eigenvalue weighted by Gasteiger charge is -2.13. The summed E-state index contributed by atoms with van der Waals surface area (Å²) in [5, 5.41) is 0. The maximum absolute atomic E-state index is 12.1. The molecule has 19 heavy (non-hydrogen) atoms. The normalized spacial score (nSPS) is 12.5. The van der Waals surface area contributed by atoms with Crippen molar-refractivity contribution in [1.82, 2.24) is 0 Å². The summed E-state index contributed by atoms with van der Waals surface area (Å²) in [6.45, 7) is 7.28. The minimum absolute atomic E-state index is 0.155. The van der Waals surface area contributed by atoms with Crippen LogP contribution in [0, 0.1) is 0 Å². The second kappa shape index (κ2) is 10.1. The molecule has 0 unspecified atom stereocenters. The summed E-state index contributed by atoms with van der Waals surface area (Å²) in [5.41, 5.74) is 0.308. The molecule has 0 radical (unpaired) electrons. The molecule has 0 saturated heterocycles. The highest BCUT2D eigenvalue weighted by molar-refractivity contribution is 7.53. The Hall–Kier alpha value is -0.720. The van der Waals surface area contributed by atoms with Crippen molar-refractivity contribution in [2.75, 3.05) is 26.0 Å². The third-order valence-corrected chi connectivity index (χ3v) is 3.08. The summed E-state index contributed by atoms with van der Waals surface area (Å²) in [6, 6.07) is 0. The summed E-state index contributed by atoms with van der Waals surface area (Å²) in [6.07, 6.45) is 1.24. The zero-order chi connectivity index (χ0) is 14.7. The Kier molecular flexibility index (Phi) is 9.73. The maximum atomic E-state index is 12.1. The number of carbonyl (C=O) groups excluding carboxylic acids is 1. The Morgan fingerprint density at radius 2 is 1.58 bits per heavy atom. The van der Waals surface area contributed by atoms with Crippen molar-refractivity contribution in [2.24, 2.45) is 0 Å². The van der Waals surface area contributed by atoms with Gasteiger partial charge in [-0.25, -0.2) is 14.6 Å². The lowest BCUT2D eigenvalue weighted by molar-refractivity contribution is -0.262. The van der Waals surface area contributed by atoms with E-state index in [1.165, 1.54) is 6.08 Å². The van der Waals surface area contributed by atoms with Crippen molar-refractivity contribution in [1.29, 1.82) is 0 Å². The molecule has 7 nitrogen and oxygen atoms in total. The first-order valence-corrected chi connectivity index (χ1v) is 7.77. The molecule has 0 aromatic heterocycles. The molecular weight excluding hydrogens is 275 g/mol. The average Bonchev–Trinajstić information content (AvgIpc) is 2.41. The first kappa shape index (κ1) is 18.3. The van der Waals surface area contributed by atoms with E-state index in [0.717, 1.165) is 0 Å². The van der Waals surface area contributed by atoms with Crippen LogP contribution in [0.1, 0.15) is 27.7 Å². The third kappa shape index (κ3) is 8.13. The van der Waals surface area contributed by atoms with Crippen LogP contribution < -0.4 is 0 Å². The van der Waals surface area contributed by atoms with Crippen LogP contribution in [0.4, 0.5) is 0 Å². The topological polar surface area (TPSA) is 80.3 Å². The number of esters is 1. The Balaban J connectivity index is 4.58.